The lowest BCUT2D eigenvalue weighted by Crippen LogP contribution is -2.56. The Morgan fingerprint density at radius 1 is 1.22 bits per heavy atom. The van der Waals surface area contributed by atoms with Gasteiger partial charge in [-0.05, 0) is 29.8 Å². The van der Waals surface area contributed by atoms with Gasteiger partial charge in [0.1, 0.15) is 11.7 Å². The number of amides is 1. The second kappa shape index (κ2) is 6.64. The van der Waals surface area contributed by atoms with Crippen molar-refractivity contribution in [2.24, 2.45) is 0 Å². The number of likely N-dealkylation sites (tertiary alicyclic amines) is 1. The molecule has 1 aromatic carbocycles. The summed E-state index contributed by atoms with van der Waals surface area (Å²) in [6.07, 6.45) is -3.64. The van der Waals surface area contributed by atoms with Crippen LogP contribution in [0.1, 0.15) is 11.1 Å². The average molecular weight is 380 g/mol. The van der Waals surface area contributed by atoms with Gasteiger partial charge < -0.3 is 19.1 Å². The van der Waals surface area contributed by atoms with E-state index in [1.165, 1.54) is 17.2 Å². The number of hydrogen-bond acceptors (Lipinski definition) is 5. The Balaban J connectivity index is 1.33. The largest absolute Gasteiger partial charge is 0.470 e. The van der Waals surface area contributed by atoms with Gasteiger partial charge in [0.25, 0.3) is 0 Å². The number of hydrogen-bond donors (Lipinski definition) is 0. The summed E-state index contributed by atoms with van der Waals surface area (Å²) in [6.45, 7) is 0.597. The molecule has 1 saturated heterocycles. The molecule has 0 saturated carbocycles. The van der Waals surface area contributed by atoms with E-state index >= 15 is 0 Å². The van der Waals surface area contributed by atoms with Gasteiger partial charge in [-0.2, -0.15) is 13.2 Å². The second-order valence-electron chi connectivity index (χ2n) is 6.26. The van der Waals surface area contributed by atoms with E-state index in [0.29, 0.717) is 11.5 Å². The molecule has 2 aromatic rings. The minimum atomic E-state index is -4.54. The molecule has 1 fully saturated rings. The van der Waals surface area contributed by atoms with Gasteiger partial charge in [0.15, 0.2) is 11.5 Å². The first-order chi connectivity index (χ1) is 12.9. The average Bonchev–Trinajstić information content (AvgIpc) is 3.04. The lowest BCUT2D eigenvalue weighted by molar-refractivity contribution is -0.144. The Morgan fingerprint density at radius 3 is 2.78 bits per heavy atom. The molecular formula is C18H15F3N2O4. The molecule has 2 aliphatic rings. The van der Waals surface area contributed by atoms with Gasteiger partial charge in [0.05, 0.1) is 19.5 Å². The highest BCUT2D eigenvalue weighted by atomic mass is 19.4. The summed E-state index contributed by atoms with van der Waals surface area (Å²) in [5, 5.41) is 0. The Labute approximate surface area is 152 Å². The zero-order valence-corrected chi connectivity index (χ0v) is 14.0. The molecule has 0 radical (unpaired) electrons. The Kier molecular flexibility index (Phi) is 4.29. The summed E-state index contributed by atoms with van der Waals surface area (Å²) >= 11 is 0. The van der Waals surface area contributed by atoms with Gasteiger partial charge in [-0.1, -0.05) is 6.07 Å². The van der Waals surface area contributed by atoms with Crippen LogP contribution < -0.4 is 14.2 Å². The number of fused-ring (bicyclic) bond motifs is 1. The van der Waals surface area contributed by atoms with E-state index in [9.17, 15) is 18.0 Å². The first kappa shape index (κ1) is 17.4. The van der Waals surface area contributed by atoms with Crippen molar-refractivity contribution in [2.75, 3.05) is 19.9 Å². The van der Waals surface area contributed by atoms with E-state index < -0.39 is 23.7 Å². The number of benzene rings is 1. The highest BCUT2D eigenvalue weighted by molar-refractivity contribution is 5.80. The number of carbonyl (C=O) groups is 1. The van der Waals surface area contributed by atoms with Crippen molar-refractivity contribution in [2.45, 2.75) is 18.7 Å². The van der Waals surface area contributed by atoms with Crippen molar-refractivity contribution >= 4 is 5.91 Å². The van der Waals surface area contributed by atoms with Crippen molar-refractivity contribution in [3.8, 4) is 17.4 Å². The van der Waals surface area contributed by atoms with Crippen LogP contribution in [0.4, 0.5) is 13.2 Å². The van der Waals surface area contributed by atoms with Gasteiger partial charge >= 0.3 is 6.18 Å². The van der Waals surface area contributed by atoms with Crippen LogP contribution in [0.5, 0.6) is 17.4 Å². The minimum Gasteiger partial charge on any atom is -0.470 e. The van der Waals surface area contributed by atoms with Crippen LogP contribution in [-0.4, -0.2) is 41.8 Å². The molecule has 6 nitrogen and oxygen atoms in total. The fourth-order valence-electron chi connectivity index (χ4n) is 2.91. The Hall–Kier alpha value is -2.97. The molecule has 0 spiro atoms. The molecule has 0 bridgehead atoms. The lowest BCUT2D eigenvalue weighted by Gasteiger charge is -2.39. The second-order valence-corrected chi connectivity index (χ2v) is 6.26. The molecule has 27 heavy (non-hydrogen) atoms. The lowest BCUT2D eigenvalue weighted by atomic mass is 10.1. The van der Waals surface area contributed by atoms with Crippen LogP contribution in [-0.2, 0) is 17.4 Å². The summed E-state index contributed by atoms with van der Waals surface area (Å²) in [4.78, 5) is 17.5. The molecular weight excluding hydrogens is 365 g/mol. The number of nitrogens with zero attached hydrogens (tertiary/aromatic N) is 2. The molecule has 4 rings (SSSR count). The minimum absolute atomic E-state index is 0.134. The monoisotopic (exact) mass is 380 g/mol. The molecule has 1 aromatic heterocycles. The first-order valence-corrected chi connectivity index (χ1v) is 8.25. The van der Waals surface area contributed by atoms with Crippen LogP contribution in [0.25, 0.3) is 0 Å². The molecule has 3 heterocycles. The third-order valence-electron chi connectivity index (χ3n) is 4.35. The van der Waals surface area contributed by atoms with E-state index in [1.807, 2.05) is 0 Å². The van der Waals surface area contributed by atoms with Gasteiger partial charge in [0, 0.05) is 6.20 Å². The highest BCUT2D eigenvalue weighted by Gasteiger charge is 2.38. The SMILES string of the molecule is O=C(Cc1ccc2c(c1)OCO2)N1CC(Oc2ncccc2C(F)(F)F)C1. The summed E-state index contributed by atoms with van der Waals surface area (Å²) in [6, 6.07) is 7.40. The van der Waals surface area contributed by atoms with Crippen LogP contribution in [0.15, 0.2) is 36.5 Å². The van der Waals surface area contributed by atoms with Crippen LogP contribution in [0.2, 0.25) is 0 Å². The number of halogens is 3. The first-order valence-electron chi connectivity index (χ1n) is 8.25. The van der Waals surface area contributed by atoms with Gasteiger partial charge in [-0.25, -0.2) is 4.98 Å². The molecule has 9 heteroatoms. The number of aromatic nitrogens is 1. The highest BCUT2D eigenvalue weighted by Crippen LogP contribution is 2.36. The van der Waals surface area contributed by atoms with Crippen molar-refractivity contribution in [1.29, 1.82) is 0 Å². The molecule has 0 N–H and O–H groups in total. The third kappa shape index (κ3) is 3.62. The Bertz CT molecular complexity index is 866. The van der Waals surface area contributed by atoms with Crippen molar-refractivity contribution in [3.63, 3.8) is 0 Å². The van der Waals surface area contributed by atoms with Gasteiger partial charge in [-0.15, -0.1) is 0 Å². The zero-order valence-electron chi connectivity index (χ0n) is 14.0. The summed E-state index contributed by atoms with van der Waals surface area (Å²) in [5.74, 6) is 0.642. The summed E-state index contributed by atoms with van der Waals surface area (Å²) in [5.41, 5.74) is -0.146. The topological polar surface area (TPSA) is 60.9 Å². The molecule has 0 atom stereocenters. The molecule has 0 aliphatic carbocycles. The maximum absolute atomic E-state index is 13.0. The van der Waals surface area contributed by atoms with Gasteiger partial charge in [-0.3, -0.25) is 4.79 Å². The molecule has 0 unspecified atom stereocenters. The van der Waals surface area contributed by atoms with Gasteiger partial charge in [0.2, 0.25) is 18.6 Å². The summed E-state index contributed by atoms with van der Waals surface area (Å²) < 4.78 is 54.7. The van der Waals surface area contributed by atoms with Crippen molar-refractivity contribution in [3.05, 3.63) is 47.7 Å². The fraction of sp³-hybridized carbons (Fsp3) is 0.333. The summed E-state index contributed by atoms with van der Waals surface area (Å²) in [7, 11) is 0. The fourth-order valence-corrected chi connectivity index (χ4v) is 2.91. The smallest absolute Gasteiger partial charge is 0.421 e. The Morgan fingerprint density at radius 2 is 2.00 bits per heavy atom. The van der Waals surface area contributed by atoms with E-state index in [4.69, 9.17) is 14.2 Å². The van der Waals surface area contributed by atoms with Crippen LogP contribution in [0.3, 0.4) is 0 Å². The number of alkyl halides is 3. The van der Waals surface area contributed by atoms with Crippen molar-refractivity contribution in [1.82, 2.24) is 9.88 Å². The standard InChI is InChI=1S/C18H15F3N2O4/c19-18(20,21)13-2-1-5-22-17(13)27-12-8-23(9-12)16(24)7-11-3-4-14-15(6-11)26-10-25-14/h1-6,12H,7-10H2. The third-order valence-corrected chi connectivity index (χ3v) is 4.35. The predicted octanol–water partition coefficient (Wildman–Crippen LogP) is 2.66. The normalized spacial score (nSPS) is 16.2. The number of carbonyl (C=O) groups excluding carboxylic acids is 1. The van der Waals surface area contributed by atoms with E-state index in [0.717, 1.165) is 11.6 Å². The molecule has 2 aliphatic heterocycles. The number of pyridine rings is 1. The predicted molar refractivity (Wildman–Crippen MR) is 86.5 cm³/mol. The number of rotatable bonds is 4. The molecule has 142 valence electrons. The zero-order chi connectivity index (χ0) is 19.0. The van der Waals surface area contributed by atoms with E-state index in [2.05, 4.69) is 4.98 Å². The van der Waals surface area contributed by atoms with Crippen LogP contribution in [0, 0.1) is 0 Å². The van der Waals surface area contributed by atoms with E-state index in [1.54, 1.807) is 18.2 Å². The molecule has 1 amide bonds. The maximum Gasteiger partial charge on any atom is 0.421 e. The van der Waals surface area contributed by atoms with Crippen LogP contribution >= 0.6 is 0 Å². The van der Waals surface area contributed by atoms with Crippen molar-refractivity contribution < 1.29 is 32.2 Å². The van der Waals surface area contributed by atoms with E-state index in [-0.39, 0.29) is 32.2 Å². The number of ether oxygens (including phenoxy) is 3. The maximum atomic E-state index is 13.0. The quantitative estimate of drug-likeness (QED) is 0.816.